The van der Waals surface area contributed by atoms with Crippen molar-refractivity contribution in [2.24, 2.45) is 5.73 Å². The maximum Gasteiger partial charge on any atom is 0.194 e. The molecule has 2 heterocycles. The van der Waals surface area contributed by atoms with Gasteiger partial charge in [0.15, 0.2) is 5.16 Å². The monoisotopic (exact) mass is 302 g/mol. The lowest BCUT2D eigenvalue weighted by molar-refractivity contribution is 0.851. The molecule has 110 valence electrons. The third-order valence-corrected chi connectivity index (χ3v) is 4.34. The number of aryl methyl sites for hydroxylation is 3. The van der Waals surface area contributed by atoms with Gasteiger partial charge in [0.25, 0.3) is 0 Å². The molecule has 0 fully saturated rings. The van der Waals surface area contributed by atoms with Crippen molar-refractivity contribution < 1.29 is 0 Å². The Hall–Kier alpha value is -2.02. The highest BCUT2D eigenvalue weighted by Crippen LogP contribution is 2.28. The zero-order valence-electron chi connectivity index (χ0n) is 12.8. The van der Waals surface area contributed by atoms with Gasteiger partial charge in [-0.05, 0) is 57.5 Å². The Bertz CT molecular complexity index is 703. The Morgan fingerprint density at radius 2 is 1.48 bits per heavy atom. The van der Waals surface area contributed by atoms with Crippen molar-refractivity contribution in [3.05, 3.63) is 33.8 Å². The van der Waals surface area contributed by atoms with Gasteiger partial charge in [0.1, 0.15) is 10.9 Å². The summed E-state index contributed by atoms with van der Waals surface area (Å²) in [6.07, 6.45) is 0. The van der Waals surface area contributed by atoms with Crippen molar-refractivity contribution in [3.8, 4) is 0 Å². The van der Waals surface area contributed by atoms with Crippen LogP contribution in [0.5, 0.6) is 0 Å². The third kappa shape index (κ3) is 3.02. The first-order valence-corrected chi connectivity index (χ1v) is 7.31. The molecular weight excluding hydrogens is 284 g/mol. The van der Waals surface area contributed by atoms with E-state index >= 15 is 0 Å². The van der Waals surface area contributed by atoms with E-state index in [2.05, 4.69) is 20.2 Å². The van der Waals surface area contributed by atoms with E-state index in [1.807, 2.05) is 34.6 Å². The first-order chi connectivity index (χ1) is 9.81. The first-order valence-electron chi connectivity index (χ1n) is 6.49. The van der Waals surface area contributed by atoms with E-state index < -0.39 is 0 Å². The van der Waals surface area contributed by atoms with Crippen LogP contribution in [-0.4, -0.2) is 26.0 Å². The van der Waals surface area contributed by atoms with Crippen LogP contribution in [0.25, 0.3) is 0 Å². The zero-order valence-corrected chi connectivity index (χ0v) is 13.6. The lowest BCUT2D eigenvalue weighted by Crippen LogP contribution is -2.17. The fourth-order valence-corrected chi connectivity index (χ4v) is 2.83. The quantitative estimate of drug-likeness (QED) is 0.512. The van der Waals surface area contributed by atoms with Gasteiger partial charge < -0.3 is 5.73 Å². The molecule has 2 aromatic rings. The molecule has 0 aliphatic rings. The van der Waals surface area contributed by atoms with Crippen LogP contribution < -0.4 is 5.73 Å². The Kier molecular flexibility index (Phi) is 4.22. The Morgan fingerprint density at radius 1 is 0.905 bits per heavy atom. The molecule has 0 amide bonds. The van der Waals surface area contributed by atoms with E-state index in [1.165, 1.54) is 11.8 Å². The molecule has 0 aromatic carbocycles. The van der Waals surface area contributed by atoms with Crippen LogP contribution in [0, 0.1) is 40.0 Å². The fraction of sp³-hybridized carbons (Fsp3) is 0.357. The lowest BCUT2D eigenvalue weighted by atomic mass is 10.1. The number of hydrogen-bond donors (Lipinski definition) is 2. The minimum absolute atomic E-state index is 0.0199. The largest absolute Gasteiger partial charge is 0.384 e. The van der Waals surface area contributed by atoms with Gasteiger partial charge in [-0.15, -0.1) is 5.10 Å². The highest BCUT2D eigenvalue weighted by atomic mass is 32.2. The molecular formula is C14H18N6S. The van der Waals surface area contributed by atoms with Gasteiger partial charge in [-0.2, -0.15) is 5.10 Å². The second-order valence-corrected chi connectivity index (χ2v) is 5.86. The molecule has 2 aromatic heterocycles. The number of amidine groups is 1. The predicted octanol–water partition coefficient (Wildman–Crippen LogP) is 2.24. The van der Waals surface area contributed by atoms with Gasteiger partial charge in [0, 0.05) is 11.4 Å². The number of nitrogens with one attached hydrogen (secondary N) is 1. The standard InChI is InChI=1S/C14H18N6S/c1-6-8(3)17-14(18-9(6)4)21-13-11(12(15)16)7(2)10(5)19-20-13/h1-5H3,(H3,15,16). The molecule has 0 aliphatic carbocycles. The molecule has 0 aliphatic heterocycles. The molecule has 6 nitrogen and oxygen atoms in total. The van der Waals surface area contributed by atoms with Crippen LogP contribution in [0.15, 0.2) is 10.2 Å². The van der Waals surface area contributed by atoms with E-state index in [4.69, 9.17) is 11.1 Å². The fourth-order valence-electron chi connectivity index (χ4n) is 1.85. The second kappa shape index (κ2) is 5.77. The molecule has 0 bridgehead atoms. The van der Waals surface area contributed by atoms with Crippen molar-refractivity contribution >= 4 is 17.6 Å². The van der Waals surface area contributed by atoms with Gasteiger partial charge in [-0.3, -0.25) is 5.41 Å². The van der Waals surface area contributed by atoms with Gasteiger partial charge in [-0.1, -0.05) is 0 Å². The van der Waals surface area contributed by atoms with Crippen molar-refractivity contribution in [1.82, 2.24) is 20.2 Å². The minimum Gasteiger partial charge on any atom is -0.384 e. The molecule has 0 atom stereocenters. The van der Waals surface area contributed by atoms with Crippen molar-refractivity contribution in [3.63, 3.8) is 0 Å². The molecule has 0 saturated carbocycles. The molecule has 0 saturated heterocycles. The SMILES string of the molecule is Cc1nc(Sc2nnc(C)c(C)c2C(=N)N)nc(C)c1C. The number of nitrogen functional groups attached to an aromatic ring is 1. The molecule has 7 heteroatoms. The van der Waals surface area contributed by atoms with Crippen molar-refractivity contribution in [2.75, 3.05) is 0 Å². The van der Waals surface area contributed by atoms with E-state index in [0.717, 1.165) is 28.2 Å². The molecule has 0 unspecified atom stereocenters. The van der Waals surface area contributed by atoms with Crippen LogP contribution in [0.2, 0.25) is 0 Å². The predicted molar refractivity (Wildman–Crippen MR) is 82.9 cm³/mol. The average molecular weight is 302 g/mol. The van der Waals surface area contributed by atoms with Gasteiger partial charge >= 0.3 is 0 Å². The van der Waals surface area contributed by atoms with Crippen molar-refractivity contribution in [2.45, 2.75) is 44.8 Å². The van der Waals surface area contributed by atoms with Crippen LogP contribution in [0.1, 0.15) is 33.8 Å². The topological polar surface area (TPSA) is 101 Å². The Labute approximate surface area is 128 Å². The van der Waals surface area contributed by atoms with Crippen LogP contribution >= 0.6 is 11.8 Å². The van der Waals surface area contributed by atoms with E-state index in [1.54, 1.807) is 0 Å². The van der Waals surface area contributed by atoms with Gasteiger partial charge in [-0.25, -0.2) is 9.97 Å². The summed E-state index contributed by atoms with van der Waals surface area (Å²) in [5.41, 5.74) is 10.9. The summed E-state index contributed by atoms with van der Waals surface area (Å²) in [7, 11) is 0. The highest BCUT2D eigenvalue weighted by Gasteiger charge is 2.17. The summed E-state index contributed by atoms with van der Waals surface area (Å²) >= 11 is 1.29. The lowest BCUT2D eigenvalue weighted by Gasteiger charge is -2.11. The van der Waals surface area contributed by atoms with Crippen molar-refractivity contribution in [1.29, 1.82) is 5.41 Å². The summed E-state index contributed by atoms with van der Waals surface area (Å²) in [6, 6.07) is 0. The molecule has 0 spiro atoms. The number of nitrogens with two attached hydrogens (primary N) is 1. The normalized spacial score (nSPS) is 10.7. The minimum atomic E-state index is -0.0199. The number of hydrogen-bond acceptors (Lipinski definition) is 6. The second-order valence-electron chi connectivity index (χ2n) is 4.91. The smallest absolute Gasteiger partial charge is 0.194 e. The van der Waals surface area contributed by atoms with E-state index in [-0.39, 0.29) is 5.84 Å². The van der Waals surface area contributed by atoms with Crippen LogP contribution in [-0.2, 0) is 0 Å². The maximum atomic E-state index is 7.75. The third-order valence-electron chi connectivity index (χ3n) is 3.49. The van der Waals surface area contributed by atoms with E-state index in [9.17, 15) is 0 Å². The average Bonchev–Trinajstić information content (AvgIpc) is 2.40. The maximum absolute atomic E-state index is 7.75. The Balaban J connectivity index is 2.50. The summed E-state index contributed by atoms with van der Waals surface area (Å²) in [4.78, 5) is 8.91. The van der Waals surface area contributed by atoms with E-state index in [0.29, 0.717) is 15.7 Å². The van der Waals surface area contributed by atoms with Crippen LogP contribution in [0.3, 0.4) is 0 Å². The summed E-state index contributed by atoms with van der Waals surface area (Å²) in [6.45, 7) is 9.63. The summed E-state index contributed by atoms with van der Waals surface area (Å²) < 4.78 is 0. The molecule has 3 N–H and O–H groups in total. The first kappa shape index (κ1) is 15.4. The zero-order chi connectivity index (χ0) is 15.7. The van der Waals surface area contributed by atoms with Crippen LogP contribution in [0.4, 0.5) is 0 Å². The summed E-state index contributed by atoms with van der Waals surface area (Å²) in [5, 5.41) is 17.2. The molecule has 2 rings (SSSR count). The van der Waals surface area contributed by atoms with Gasteiger partial charge in [0.05, 0.1) is 11.3 Å². The van der Waals surface area contributed by atoms with Gasteiger partial charge in [0.2, 0.25) is 0 Å². The summed E-state index contributed by atoms with van der Waals surface area (Å²) in [5.74, 6) is -0.0199. The number of rotatable bonds is 3. The number of nitrogens with zero attached hydrogens (tertiary/aromatic N) is 4. The Morgan fingerprint density at radius 3 is 2.00 bits per heavy atom. The molecule has 0 radical (unpaired) electrons. The number of aromatic nitrogens is 4. The highest BCUT2D eigenvalue weighted by molar-refractivity contribution is 7.99. The molecule has 21 heavy (non-hydrogen) atoms.